The fraction of sp³-hybridized carbons (Fsp3) is 0.235. The summed E-state index contributed by atoms with van der Waals surface area (Å²) in [6, 6.07) is 6.85. The number of nitro benzene ring substituents is 1. The van der Waals surface area contributed by atoms with Gasteiger partial charge in [0.05, 0.1) is 4.92 Å². The van der Waals surface area contributed by atoms with Gasteiger partial charge in [0.25, 0.3) is 11.6 Å². The average molecular weight is 364 g/mol. The lowest BCUT2D eigenvalue weighted by atomic mass is 10.1. The number of rotatable bonds is 6. The molecule has 0 atom stereocenters. The lowest BCUT2D eigenvalue weighted by Crippen LogP contribution is -2.29. The van der Waals surface area contributed by atoms with E-state index in [1.54, 1.807) is 12.1 Å². The summed E-state index contributed by atoms with van der Waals surface area (Å²) >= 11 is 5.94. The Morgan fingerprint density at radius 2 is 1.88 bits per heavy atom. The summed E-state index contributed by atoms with van der Waals surface area (Å²) < 4.78 is 5.51. The topological polar surface area (TPSA) is 105 Å². The minimum atomic E-state index is -0.597. The molecule has 2 rings (SSSR count). The van der Waals surface area contributed by atoms with Gasteiger partial charge < -0.3 is 15.2 Å². The highest BCUT2D eigenvalue weighted by Crippen LogP contribution is 2.27. The summed E-state index contributed by atoms with van der Waals surface area (Å²) in [6.45, 7) is 3.28. The Bertz CT molecular complexity index is 800. The molecule has 0 fully saturated rings. The first-order valence-corrected chi connectivity index (χ1v) is 7.76. The Hall–Kier alpha value is -2.80. The van der Waals surface area contributed by atoms with Gasteiger partial charge in [-0.05, 0) is 42.7 Å². The van der Waals surface area contributed by atoms with Gasteiger partial charge in [-0.3, -0.25) is 14.9 Å². The van der Waals surface area contributed by atoms with Crippen LogP contribution in [0.2, 0.25) is 5.02 Å². The van der Waals surface area contributed by atoms with E-state index in [9.17, 15) is 20.0 Å². The van der Waals surface area contributed by atoms with Gasteiger partial charge in [0.1, 0.15) is 5.75 Å². The Kier molecular flexibility index (Phi) is 5.82. The fourth-order valence-corrected chi connectivity index (χ4v) is 2.65. The number of non-ortho nitro benzene ring substituents is 1. The largest absolute Gasteiger partial charge is 0.872 e. The number of hydrogen-bond donors (Lipinski definition) is 1. The van der Waals surface area contributed by atoms with Crippen LogP contribution >= 0.6 is 11.6 Å². The number of nitrogens with one attached hydrogen (secondary N) is 1. The number of ether oxygens (including phenoxy) is 1. The second kappa shape index (κ2) is 7.85. The van der Waals surface area contributed by atoms with E-state index in [4.69, 9.17) is 16.3 Å². The Balaban J connectivity index is 1.96. The van der Waals surface area contributed by atoms with Crippen LogP contribution in [0.15, 0.2) is 30.3 Å². The van der Waals surface area contributed by atoms with Crippen LogP contribution in [0.3, 0.4) is 0 Å². The summed E-state index contributed by atoms with van der Waals surface area (Å²) in [4.78, 5) is 22.1. The van der Waals surface area contributed by atoms with Crippen molar-refractivity contribution in [2.24, 2.45) is 0 Å². The molecular weight excluding hydrogens is 348 g/mol. The van der Waals surface area contributed by atoms with Gasteiger partial charge in [-0.25, -0.2) is 0 Å². The van der Waals surface area contributed by atoms with E-state index < -0.39 is 10.8 Å². The highest BCUT2D eigenvalue weighted by atomic mass is 35.5. The standard InChI is InChI=1S/C17H17ClN2O5/c1-10-5-13(18)6-11(2)17(10)25-9-16(22)19-8-12-7-14(20(23)24)3-4-15(12)21/h3-7,21H,8-9H2,1-2H3,(H,19,22)/p-1. The van der Waals surface area contributed by atoms with E-state index in [1.807, 2.05) is 13.8 Å². The molecule has 0 spiro atoms. The first-order valence-electron chi connectivity index (χ1n) is 7.38. The maximum Gasteiger partial charge on any atom is 0.269 e. The molecule has 0 aliphatic carbocycles. The molecule has 0 radical (unpaired) electrons. The SMILES string of the molecule is Cc1cc(Cl)cc(C)c1OCC(=O)NCc1cc([N+](=O)[O-])ccc1[O-]. The van der Waals surface area contributed by atoms with Gasteiger partial charge >= 0.3 is 0 Å². The first kappa shape index (κ1) is 18.5. The average Bonchev–Trinajstić information content (AvgIpc) is 2.52. The van der Waals surface area contributed by atoms with Crippen LogP contribution in [0, 0.1) is 24.0 Å². The Morgan fingerprint density at radius 3 is 2.48 bits per heavy atom. The van der Waals surface area contributed by atoms with Gasteiger partial charge in [-0.1, -0.05) is 17.7 Å². The number of carbonyl (C=O) groups is 1. The first-order chi connectivity index (χ1) is 11.8. The van der Waals surface area contributed by atoms with Crippen LogP contribution in [-0.2, 0) is 11.3 Å². The maximum atomic E-state index is 11.9. The predicted molar refractivity (Wildman–Crippen MR) is 90.8 cm³/mol. The monoisotopic (exact) mass is 363 g/mol. The molecule has 2 aromatic carbocycles. The lowest BCUT2D eigenvalue weighted by molar-refractivity contribution is -0.385. The fourth-order valence-electron chi connectivity index (χ4n) is 2.33. The van der Waals surface area contributed by atoms with Crippen LogP contribution in [0.5, 0.6) is 11.5 Å². The molecule has 0 bridgehead atoms. The molecule has 0 saturated carbocycles. The molecule has 7 nitrogen and oxygen atoms in total. The zero-order valence-electron chi connectivity index (χ0n) is 13.7. The molecular formula is C17H16ClN2O5-. The zero-order valence-corrected chi connectivity index (χ0v) is 14.4. The zero-order chi connectivity index (χ0) is 18.6. The van der Waals surface area contributed by atoms with Crippen LogP contribution in [0.4, 0.5) is 5.69 Å². The van der Waals surface area contributed by atoms with Gasteiger partial charge in [0.15, 0.2) is 6.61 Å². The van der Waals surface area contributed by atoms with Crippen molar-refractivity contribution >= 4 is 23.2 Å². The van der Waals surface area contributed by atoms with E-state index in [0.717, 1.165) is 29.3 Å². The maximum absolute atomic E-state index is 11.9. The Labute approximate surface area is 149 Å². The van der Waals surface area contributed by atoms with E-state index in [0.29, 0.717) is 10.8 Å². The normalized spacial score (nSPS) is 10.4. The molecule has 132 valence electrons. The van der Waals surface area contributed by atoms with Crippen molar-refractivity contribution in [2.75, 3.05) is 6.61 Å². The second-order valence-corrected chi connectivity index (χ2v) is 5.92. The van der Waals surface area contributed by atoms with Crippen LogP contribution in [0.1, 0.15) is 16.7 Å². The summed E-state index contributed by atoms with van der Waals surface area (Å²) in [6.07, 6.45) is 0. The van der Waals surface area contributed by atoms with Crippen molar-refractivity contribution in [1.82, 2.24) is 5.32 Å². The molecule has 25 heavy (non-hydrogen) atoms. The number of benzene rings is 2. The van der Waals surface area contributed by atoms with Crippen molar-refractivity contribution in [1.29, 1.82) is 0 Å². The summed E-state index contributed by atoms with van der Waals surface area (Å²) in [5, 5.41) is 25.5. The number of nitrogens with zero attached hydrogens (tertiary/aromatic N) is 1. The molecule has 0 aliphatic rings. The van der Waals surface area contributed by atoms with Crippen molar-refractivity contribution in [2.45, 2.75) is 20.4 Å². The van der Waals surface area contributed by atoms with Crippen molar-refractivity contribution in [3.63, 3.8) is 0 Å². The smallest absolute Gasteiger partial charge is 0.269 e. The molecule has 0 saturated heterocycles. The van der Waals surface area contributed by atoms with E-state index >= 15 is 0 Å². The molecule has 0 heterocycles. The van der Waals surface area contributed by atoms with Crippen molar-refractivity contribution < 1.29 is 19.6 Å². The van der Waals surface area contributed by atoms with E-state index in [1.165, 1.54) is 0 Å². The van der Waals surface area contributed by atoms with Gasteiger partial charge in [0.2, 0.25) is 0 Å². The van der Waals surface area contributed by atoms with Gasteiger partial charge in [0, 0.05) is 23.7 Å². The molecule has 0 aromatic heterocycles. The second-order valence-electron chi connectivity index (χ2n) is 5.48. The minimum absolute atomic E-state index is 0.110. The third-order valence-electron chi connectivity index (χ3n) is 3.50. The summed E-state index contributed by atoms with van der Waals surface area (Å²) in [7, 11) is 0. The lowest BCUT2D eigenvalue weighted by Gasteiger charge is -2.15. The number of carbonyl (C=O) groups excluding carboxylic acids is 1. The van der Waals surface area contributed by atoms with E-state index in [2.05, 4.69) is 5.32 Å². The molecule has 0 unspecified atom stereocenters. The number of nitro groups is 1. The highest BCUT2D eigenvalue weighted by molar-refractivity contribution is 6.30. The van der Waals surface area contributed by atoms with Crippen molar-refractivity contribution in [3.05, 3.63) is 62.2 Å². The van der Waals surface area contributed by atoms with Gasteiger partial charge in [-0.2, -0.15) is 0 Å². The van der Waals surface area contributed by atoms with Crippen LogP contribution in [0.25, 0.3) is 0 Å². The summed E-state index contributed by atoms with van der Waals surface area (Å²) in [5.41, 5.74) is 1.55. The van der Waals surface area contributed by atoms with Crippen LogP contribution in [-0.4, -0.2) is 17.4 Å². The van der Waals surface area contributed by atoms with Crippen molar-refractivity contribution in [3.8, 4) is 11.5 Å². The number of halogens is 1. The van der Waals surface area contributed by atoms with E-state index in [-0.39, 0.29) is 30.2 Å². The minimum Gasteiger partial charge on any atom is -0.872 e. The number of hydrogen-bond acceptors (Lipinski definition) is 5. The molecule has 1 N–H and O–H groups in total. The predicted octanol–water partition coefficient (Wildman–Crippen LogP) is 2.63. The number of aryl methyl sites for hydroxylation is 2. The third kappa shape index (κ3) is 4.84. The molecule has 1 amide bonds. The highest BCUT2D eigenvalue weighted by Gasteiger charge is 2.10. The molecule has 2 aromatic rings. The Morgan fingerprint density at radius 1 is 1.24 bits per heavy atom. The molecule has 8 heteroatoms. The molecule has 0 aliphatic heterocycles. The van der Waals surface area contributed by atoms with Crippen LogP contribution < -0.4 is 15.2 Å². The van der Waals surface area contributed by atoms with Gasteiger partial charge in [-0.15, -0.1) is 5.75 Å². The quantitative estimate of drug-likeness (QED) is 0.627. The third-order valence-corrected chi connectivity index (χ3v) is 3.72. The summed E-state index contributed by atoms with van der Waals surface area (Å²) in [5.74, 6) is -0.254. The number of amides is 1.